The van der Waals surface area contributed by atoms with Crippen molar-refractivity contribution in [1.82, 2.24) is 9.62 Å². The first-order valence-corrected chi connectivity index (χ1v) is 7.70. The molecule has 1 amide bonds. The fourth-order valence-corrected chi connectivity index (χ4v) is 2.52. The fourth-order valence-electron chi connectivity index (χ4n) is 1.57. The molecule has 1 rings (SSSR count). The van der Waals surface area contributed by atoms with E-state index in [1.54, 1.807) is 0 Å². The lowest BCUT2D eigenvalue weighted by Gasteiger charge is -2.15. The quantitative estimate of drug-likeness (QED) is 0.660. The zero-order valence-electron chi connectivity index (χ0n) is 12.4. The van der Waals surface area contributed by atoms with Crippen LogP contribution >= 0.6 is 0 Å². The van der Waals surface area contributed by atoms with Gasteiger partial charge in [0.25, 0.3) is 5.91 Å². The Balaban J connectivity index is 3.04. The third-order valence-corrected chi connectivity index (χ3v) is 4.66. The summed E-state index contributed by atoms with van der Waals surface area (Å²) >= 11 is 0. The van der Waals surface area contributed by atoms with E-state index in [0.717, 1.165) is 11.4 Å². The van der Waals surface area contributed by atoms with Gasteiger partial charge in [-0.25, -0.2) is 17.5 Å². The Morgan fingerprint density at radius 3 is 2.50 bits per heavy atom. The van der Waals surface area contributed by atoms with Crippen molar-refractivity contribution in [1.29, 1.82) is 0 Å². The van der Waals surface area contributed by atoms with Crippen LogP contribution in [0.5, 0.6) is 0 Å². The summed E-state index contributed by atoms with van der Waals surface area (Å²) in [6.07, 6.45) is 0. The molecule has 8 nitrogen and oxygen atoms in total. The lowest BCUT2D eigenvalue weighted by Crippen LogP contribution is -2.44. The van der Waals surface area contributed by atoms with E-state index in [1.807, 2.05) is 0 Å². The Kier molecular flexibility index (Phi) is 6.03. The van der Waals surface area contributed by atoms with Crippen molar-refractivity contribution >= 4 is 21.9 Å². The summed E-state index contributed by atoms with van der Waals surface area (Å²) in [5.41, 5.74) is 0.0466. The highest BCUT2D eigenvalue weighted by molar-refractivity contribution is 7.89. The van der Waals surface area contributed by atoms with Crippen LogP contribution in [-0.2, 0) is 19.6 Å². The highest BCUT2D eigenvalue weighted by Crippen LogP contribution is 2.15. The van der Waals surface area contributed by atoms with Gasteiger partial charge in [0.05, 0.1) is 18.6 Å². The van der Waals surface area contributed by atoms with E-state index in [1.165, 1.54) is 38.4 Å². The number of methoxy groups -OCH3 is 1. The van der Waals surface area contributed by atoms with Crippen LogP contribution in [0.4, 0.5) is 0 Å². The van der Waals surface area contributed by atoms with Crippen molar-refractivity contribution < 1.29 is 27.9 Å². The summed E-state index contributed by atoms with van der Waals surface area (Å²) in [6.45, 7) is -0.631. The van der Waals surface area contributed by atoms with Gasteiger partial charge >= 0.3 is 5.97 Å². The SMILES string of the molecule is COC(=O)[C@H](CO)NC(=O)c1cccc(S(=O)(=O)N(C)C)c1. The number of aliphatic hydroxyl groups is 1. The standard InChI is InChI=1S/C13H18N2O6S/c1-15(2)22(19,20)10-6-4-5-9(7-10)12(17)14-11(8-16)13(18)21-3/h4-7,11,16H,8H2,1-3H3,(H,14,17)/t11-/m0/s1. The predicted octanol–water partition coefficient (Wildman–Crippen LogP) is -0.799. The number of nitrogens with one attached hydrogen (secondary N) is 1. The number of aliphatic hydroxyl groups excluding tert-OH is 1. The lowest BCUT2D eigenvalue weighted by molar-refractivity contribution is -0.143. The van der Waals surface area contributed by atoms with Gasteiger partial charge in [-0.2, -0.15) is 0 Å². The molecule has 1 aromatic rings. The van der Waals surface area contributed by atoms with Gasteiger partial charge in [-0.05, 0) is 18.2 Å². The van der Waals surface area contributed by atoms with Gasteiger partial charge in [0, 0.05) is 19.7 Å². The van der Waals surface area contributed by atoms with Crippen LogP contribution in [-0.4, -0.2) is 63.6 Å². The number of amides is 1. The Hall–Kier alpha value is -1.97. The molecule has 0 aliphatic carbocycles. The molecule has 1 atom stereocenters. The molecule has 0 spiro atoms. The number of carbonyl (C=O) groups is 2. The minimum atomic E-state index is -3.68. The highest BCUT2D eigenvalue weighted by Gasteiger charge is 2.23. The first kappa shape index (κ1) is 18.1. The zero-order valence-corrected chi connectivity index (χ0v) is 13.3. The topological polar surface area (TPSA) is 113 Å². The van der Waals surface area contributed by atoms with Crippen molar-refractivity contribution in [2.45, 2.75) is 10.9 Å². The number of benzene rings is 1. The molecular formula is C13H18N2O6S. The third kappa shape index (κ3) is 4.03. The van der Waals surface area contributed by atoms with E-state index in [9.17, 15) is 18.0 Å². The molecule has 0 heterocycles. The summed E-state index contributed by atoms with van der Waals surface area (Å²) in [6, 6.07) is 4.14. The maximum absolute atomic E-state index is 12.0. The summed E-state index contributed by atoms with van der Waals surface area (Å²) in [7, 11) is 0.203. The number of hydrogen-bond acceptors (Lipinski definition) is 6. The van der Waals surface area contributed by atoms with Crippen molar-refractivity contribution in [2.75, 3.05) is 27.8 Å². The van der Waals surface area contributed by atoms with E-state index in [0.29, 0.717) is 0 Å². The van der Waals surface area contributed by atoms with Crippen LogP contribution in [0.1, 0.15) is 10.4 Å². The maximum Gasteiger partial charge on any atom is 0.330 e. The van der Waals surface area contributed by atoms with Crippen molar-refractivity contribution in [3.05, 3.63) is 29.8 Å². The van der Waals surface area contributed by atoms with E-state index in [4.69, 9.17) is 5.11 Å². The maximum atomic E-state index is 12.0. The molecule has 0 aliphatic rings. The molecule has 0 unspecified atom stereocenters. The van der Waals surface area contributed by atoms with Crippen LogP contribution in [0.15, 0.2) is 29.2 Å². The summed E-state index contributed by atoms with van der Waals surface area (Å²) in [5, 5.41) is 11.3. The second-order valence-electron chi connectivity index (χ2n) is 4.55. The molecule has 0 aliphatic heterocycles. The molecule has 0 bridgehead atoms. The molecule has 0 fully saturated rings. The molecule has 22 heavy (non-hydrogen) atoms. The van der Waals surface area contributed by atoms with Gasteiger partial charge in [0.1, 0.15) is 0 Å². The molecule has 9 heteroatoms. The minimum Gasteiger partial charge on any atom is -0.467 e. The van der Waals surface area contributed by atoms with Crippen molar-refractivity contribution in [2.24, 2.45) is 0 Å². The Bertz CT molecular complexity index is 656. The van der Waals surface area contributed by atoms with Gasteiger partial charge in [0.15, 0.2) is 6.04 Å². The Labute approximate surface area is 128 Å². The molecule has 0 aromatic heterocycles. The van der Waals surface area contributed by atoms with Crippen molar-refractivity contribution in [3.8, 4) is 0 Å². The molecule has 0 saturated heterocycles. The van der Waals surface area contributed by atoms with Gasteiger partial charge in [-0.3, -0.25) is 4.79 Å². The van der Waals surface area contributed by atoms with Crippen LogP contribution in [0.2, 0.25) is 0 Å². The third-order valence-electron chi connectivity index (χ3n) is 2.85. The van der Waals surface area contributed by atoms with Crippen LogP contribution in [0, 0.1) is 0 Å². The van der Waals surface area contributed by atoms with Gasteiger partial charge < -0.3 is 15.2 Å². The van der Waals surface area contributed by atoms with Crippen LogP contribution in [0.25, 0.3) is 0 Å². The second-order valence-corrected chi connectivity index (χ2v) is 6.70. The monoisotopic (exact) mass is 330 g/mol. The molecule has 0 saturated carbocycles. The number of hydrogen-bond donors (Lipinski definition) is 2. The predicted molar refractivity (Wildman–Crippen MR) is 77.7 cm³/mol. The van der Waals surface area contributed by atoms with E-state index < -0.39 is 34.5 Å². The van der Waals surface area contributed by atoms with Gasteiger partial charge in [-0.15, -0.1) is 0 Å². The number of carbonyl (C=O) groups excluding carboxylic acids is 2. The number of sulfonamides is 1. The first-order chi connectivity index (χ1) is 10.2. The first-order valence-electron chi connectivity index (χ1n) is 6.26. The average Bonchev–Trinajstić information content (AvgIpc) is 2.51. The second kappa shape index (κ2) is 7.34. The van der Waals surface area contributed by atoms with Crippen LogP contribution in [0.3, 0.4) is 0 Å². The number of rotatable bonds is 6. The zero-order chi connectivity index (χ0) is 16.9. The number of nitrogens with zero attached hydrogens (tertiary/aromatic N) is 1. The molecule has 2 N–H and O–H groups in total. The molecule has 0 radical (unpaired) electrons. The lowest BCUT2D eigenvalue weighted by atomic mass is 10.2. The van der Waals surface area contributed by atoms with E-state index in [-0.39, 0.29) is 10.5 Å². The van der Waals surface area contributed by atoms with Gasteiger partial charge in [0.2, 0.25) is 10.0 Å². The Morgan fingerprint density at radius 2 is 2.00 bits per heavy atom. The van der Waals surface area contributed by atoms with E-state index >= 15 is 0 Å². The number of ether oxygens (including phenoxy) is 1. The largest absolute Gasteiger partial charge is 0.467 e. The fraction of sp³-hybridized carbons (Fsp3) is 0.385. The minimum absolute atomic E-state index is 0.0466. The van der Waals surface area contributed by atoms with E-state index in [2.05, 4.69) is 10.1 Å². The van der Waals surface area contributed by atoms with Crippen molar-refractivity contribution in [3.63, 3.8) is 0 Å². The van der Waals surface area contributed by atoms with Crippen LogP contribution < -0.4 is 5.32 Å². The molecule has 122 valence electrons. The normalized spacial score (nSPS) is 12.8. The average molecular weight is 330 g/mol. The Morgan fingerprint density at radius 1 is 1.36 bits per heavy atom. The summed E-state index contributed by atoms with van der Waals surface area (Å²) in [5.74, 6) is -1.49. The number of esters is 1. The summed E-state index contributed by atoms with van der Waals surface area (Å²) in [4.78, 5) is 23.3. The molecule has 1 aromatic carbocycles. The highest BCUT2D eigenvalue weighted by atomic mass is 32.2. The summed E-state index contributed by atoms with van der Waals surface area (Å²) < 4.78 is 29.5. The smallest absolute Gasteiger partial charge is 0.330 e. The molecular weight excluding hydrogens is 312 g/mol. The van der Waals surface area contributed by atoms with Gasteiger partial charge in [-0.1, -0.05) is 6.07 Å².